The summed E-state index contributed by atoms with van der Waals surface area (Å²) in [5.41, 5.74) is 1.31. The van der Waals surface area contributed by atoms with Gasteiger partial charge in [-0.15, -0.1) is 0 Å². The fraction of sp³-hybridized carbons (Fsp3) is 0.474. The Morgan fingerprint density at radius 1 is 0.760 bits per heavy atom. The van der Waals surface area contributed by atoms with Crippen molar-refractivity contribution in [3.05, 3.63) is 48.0 Å². The number of fused-ring (bicyclic) bond motifs is 1. The van der Waals surface area contributed by atoms with Gasteiger partial charge in [-0.05, 0) is 29.2 Å². The topological polar surface area (TPSA) is 43.9 Å². The van der Waals surface area contributed by atoms with Crippen molar-refractivity contribution in [3.63, 3.8) is 0 Å². The third kappa shape index (κ3) is 3.44. The van der Waals surface area contributed by atoms with Crippen LogP contribution in [0.1, 0.15) is 18.4 Å². The first-order chi connectivity index (χ1) is 12.1. The number of nitrogens with zero attached hydrogens (tertiary/aromatic N) is 3. The predicted octanol–water partition coefficient (Wildman–Crippen LogP) is 2.30. The molecule has 0 atom stereocenters. The molecule has 0 N–H and O–H groups in total. The number of rotatable bonds is 4. The molecular formula is C19H25N3O2S. The lowest BCUT2D eigenvalue weighted by Gasteiger charge is -2.35. The fourth-order valence-corrected chi connectivity index (χ4v) is 5.54. The van der Waals surface area contributed by atoms with Gasteiger partial charge in [-0.2, -0.15) is 17.0 Å². The van der Waals surface area contributed by atoms with E-state index in [0.717, 1.165) is 32.5 Å². The number of hydrogen-bond acceptors (Lipinski definition) is 3. The van der Waals surface area contributed by atoms with Gasteiger partial charge in [0, 0.05) is 45.8 Å². The third-order valence-corrected chi connectivity index (χ3v) is 7.36. The van der Waals surface area contributed by atoms with Gasteiger partial charge in [-0.1, -0.05) is 42.5 Å². The summed E-state index contributed by atoms with van der Waals surface area (Å²) in [5.74, 6) is 0. The molecule has 6 heteroatoms. The zero-order chi connectivity index (χ0) is 17.3. The molecule has 2 aromatic carbocycles. The molecule has 0 aromatic heterocycles. The van der Waals surface area contributed by atoms with Gasteiger partial charge in [0.25, 0.3) is 10.2 Å². The van der Waals surface area contributed by atoms with E-state index in [2.05, 4.69) is 47.4 Å². The van der Waals surface area contributed by atoms with Crippen LogP contribution in [-0.4, -0.2) is 61.2 Å². The van der Waals surface area contributed by atoms with Gasteiger partial charge in [-0.25, -0.2) is 0 Å². The molecule has 0 unspecified atom stereocenters. The van der Waals surface area contributed by atoms with Crippen LogP contribution in [0.2, 0.25) is 0 Å². The largest absolute Gasteiger partial charge is 0.296 e. The first kappa shape index (κ1) is 17.0. The van der Waals surface area contributed by atoms with E-state index in [1.807, 2.05) is 0 Å². The maximum absolute atomic E-state index is 12.7. The molecular weight excluding hydrogens is 334 g/mol. The van der Waals surface area contributed by atoms with Crippen LogP contribution < -0.4 is 0 Å². The standard InChI is InChI=1S/C19H25N3O2S/c23-25(24,21-10-3-4-11-21)22-14-12-20(13-15-22)16-18-8-5-7-17-6-1-2-9-19(17)18/h1-2,5-9H,3-4,10-16H2. The van der Waals surface area contributed by atoms with Gasteiger partial charge in [-0.3, -0.25) is 4.90 Å². The summed E-state index contributed by atoms with van der Waals surface area (Å²) < 4.78 is 28.6. The van der Waals surface area contributed by atoms with Gasteiger partial charge in [0.1, 0.15) is 0 Å². The highest BCUT2D eigenvalue weighted by Crippen LogP contribution is 2.22. The molecule has 2 fully saturated rings. The van der Waals surface area contributed by atoms with E-state index < -0.39 is 10.2 Å². The average Bonchev–Trinajstić information content (AvgIpc) is 3.18. The molecule has 0 amide bonds. The Kier molecular flexibility index (Phi) is 4.78. The highest BCUT2D eigenvalue weighted by Gasteiger charge is 2.33. The van der Waals surface area contributed by atoms with Gasteiger partial charge < -0.3 is 0 Å². The number of piperazine rings is 1. The van der Waals surface area contributed by atoms with Crippen LogP contribution in [0.15, 0.2) is 42.5 Å². The first-order valence-electron chi connectivity index (χ1n) is 9.09. The molecule has 2 aliphatic rings. The van der Waals surface area contributed by atoms with Crippen molar-refractivity contribution in [1.82, 2.24) is 13.5 Å². The molecule has 25 heavy (non-hydrogen) atoms. The zero-order valence-electron chi connectivity index (χ0n) is 14.5. The minimum atomic E-state index is -3.25. The molecule has 2 saturated heterocycles. The molecule has 0 spiro atoms. The molecule has 0 aliphatic carbocycles. The van der Waals surface area contributed by atoms with E-state index in [1.165, 1.54) is 16.3 Å². The highest BCUT2D eigenvalue weighted by atomic mass is 32.2. The first-order valence-corrected chi connectivity index (χ1v) is 10.5. The summed E-state index contributed by atoms with van der Waals surface area (Å²) >= 11 is 0. The van der Waals surface area contributed by atoms with Crippen LogP contribution in [0, 0.1) is 0 Å². The van der Waals surface area contributed by atoms with E-state index in [4.69, 9.17) is 0 Å². The molecule has 4 rings (SSSR count). The molecule has 2 heterocycles. The zero-order valence-corrected chi connectivity index (χ0v) is 15.3. The molecule has 5 nitrogen and oxygen atoms in total. The van der Waals surface area contributed by atoms with Crippen molar-refractivity contribution in [1.29, 1.82) is 0 Å². The normalized spacial score (nSPS) is 21.1. The van der Waals surface area contributed by atoms with Crippen LogP contribution in [0.3, 0.4) is 0 Å². The van der Waals surface area contributed by atoms with E-state index in [1.54, 1.807) is 8.61 Å². The number of benzene rings is 2. The van der Waals surface area contributed by atoms with Gasteiger partial charge in [0.15, 0.2) is 0 Å². The summed E-state index contributed by atoms with van der Waals surface area (Å²) in [7, 11) is -3.25. The van der Waals surface area contributed by atoms with E-state index >= 15 is 0 Å². The lowest BCUT2D eigenvalue weighted by Crippen LogP contribution is -2.52. The molecule has 134 valence electrons. The van der Waals surface area contributed by atoms with E-state index in [9.17, 15) is 8.42 Å². The lowest BCUT2D eigenvalue weighted by atomic mass is 10.0. The quantitative estimate of drug-likeness (QED) is 0.841. The summed E-state index contributed by atoms with van der Waals surface area (Å²) in [6, 6.07) is 14.9. The lowest BCUT2D eigenvalue weighted by molar-refractivity contribution is 0.176. The van der Waals surface area contributed by atoms with Gasteiger partial charge in [0.05, 0.1) is 0 Å². The van der Waals surface area contributed by atoms with Crippen LogP contribution in [0.25, 0.3) is 10.8 Å². The smallest absolute Gasteiger partial charge is 0.282 e. The van der Waals surface area contributed by atoms with Crippen molar-refractivity contribution >= 4 is 21.0 Å². The van der Waals surface area contributed by atoms with Crippen LogP contribution in [0.5, 0.6) is 0 Å². The van der Waals surface area contributed by atoms with Crippen molar-refractivity contribution < 1.29 is 8.42 Å². The maximum atomic E-state index is 12.7. The van der Waals surface area contributed by atoms with Crippen LogP contribution in [0.4, 0.5) is 0 Å². The molecule has 0 radical (unpaired) electrons. The summed E-state index contributed by atoms with van der Waals surface area (Å²) in [6.45, 7) is 4.98. The molecule has 0 saturated carbocycles. The molecule has 2 aromatic rings. The average molecular weight is 359 g/mol. The predicted molar refractivity (Wildman–Crippen MR) is 101 cm³/mol. The summed E-state index contributed by atoms with van der Waals surface area (Å²) in [5, 5.41) is 2.55. The monoisotopic (exact) mass is 359 g/mol. The Morgan fingerprint density at radius 3 is 2.16 bits per heavy atom. The van der Waals surface area contributed by atoms with Gasteiger partial charge in [0.2, 0.25) is 0 Å². The van der Waals surface area contributed by atoms with Crippen molar-refractivity contribution in [2.75, 3.05) is 39.3 Å². The fourth-order valence-electron chi connectivity index (χ4n) is 3.87. The Bertz CT molecular complexity index is 833. The molecule has 2 aliphatic heterocycles. The summed E-state index contributed by atoms with van der Waals surface area (Å²) in [6.07, 6.45) is 1.97. The van der Waals surface area contributed by atoms with Crippen molar-refractivity contribution in [2.24, 2.45) is 0 Å². The number of hydrogen-bond donors (Lipinski definition) is 0. The second-order valence-corrected chi connectivity index (χ2v) is 8.86. The van der Waals surface area contributed by atoms with Crippen LogP contribution >= 0.6 is 0 Å². The Morgan fingerprint density at radius 2 is 1.40 bits per heavy atom. The van der Waals surface area contributed by atoms with E-state index in [0.29, 0.717) is 26.2 Å². The minimum Gasteiger partial charge on any atom is -0.296 e. The Labute approximate surface area is 150 Å². The maximum Gasteiger partial charge on any atom is 0.282 e. The van der Waals surface area contributed by atoms with Crippen LogP contribution in [-0.2, 0) is 16.8 Å². The molecule has 0 bridgehead atoms. The SMILES string of the molecule is O=S(=O)(N1CCCC1)N1CCN(Cc2cccc3ccccc23)CC1. The van der Waals surface area contributed by atoms with Crippen molar-refractivity contribution in [2.45, 2.75) is 19.4 Å². The van der Waals surface area contributed by atoms with Crippen molar-refractivity contribution in [3.8, 4) is 0 Å². The van der Waals surface area contributed by atoms with E-state index in [-0.39, 0.29) is 0 Å². The second-order valence-electron chi connectivity index (χ2n) is 6.93. The summed E-state index contributed by atoms with van der Waals surface area (Å²) in [4.78, 5) is 2.36. The Hall–Kier alpha value is -1.47. The highest BCUT2D eigenvalue weighted by molar-refractivity contribution is 7.86. The Balaban J connectivity index is 1.42. The third-order valence-electron chi connectivity index (χ3n) is 5.32. The second kappa shape index (κ2) is 7.03. The minimum absolute atomic E-state index is 0.587. The van der Waals surface area contributed by atoms with Gasteiger partial charge >= 0.3 is 0 Å².